The highest BCUT2D eigenvalue weighted by atomic mass is 17.0. The molecule has 0 spiro atoms. The quantitative estimate of drug-likeness (QED) is 0.397. The molecular formula is C11H24O2. The van der Waals surface area contributed by atoms with Crippen molar-refractivity contribution in [3.63, 3.8) is 0 Å². The summed E-state index contributed by atoms with van der Waals surface area (Å²) in [5, 5.41) is 12.0. The van der Waals surface area contributed by atoms with Gasteiger partial charge in [0.1, 0.15) is 0 Å². The Balaban J connectivity index is 0. The summed E-state index contributed by atoms with van der Waals surface area (Å²) in [6.07, 6.45) is 4.92. The van der Waals surface area contributed by atoms with Crippen LogP contribution in [0.3, 0.4) is 0 Å². The molecule has 13 heavy (non-hydrogen) atoms. The van der Waals surface area contributed by atoms with Crippen LogP contribution in [0.2, 0.25) is 0 Å². The third-order valence-corrected chi connectivity index (χ3v) is 2.00. The summed E-state index contributed by atoms with van der Waals surface area (Å²) in [5.74, 6) is 1.45. The molecular weight excluding hydrogens is 164 g/mol. The maximum absolute atomic E-state index is 6.00. The third-order valence-electron chi connectivity index (χ3n) is 2.00. The molecule has 0 aromatic carbocycles. The molecule has 0 saturated heterocycles. The lowest BCUT2D eigenvalue weighted by Gasteiger charge is -2.15. The minimum absolute atomic E-state index is 0.724. The van der Waals surface area contributed by atoms with Gasteiger partial charge in [0.25, 0.3) is 0 Å². The highest BCUT2D eigenvalue weighted by Crippen LogP contribution is 2.19. The van der Waals surface area contributed by atoms with Crippen LogP contribution in [0.15, 0.2) is 11.6 Å². The average Bonchev–Trinajstić information content (AvgIpc) is 2.07. The first-order valence-corrected chi connectivity index (χ1v) is 4.99. The lowest BCUT2D eigenvalue weighted by molar-refractivity contribution is -0.176. The summed E-state index contributed by atoms with van der Waals surface area (Å²) in [7, 11) is 0. The molecule has 0 rings (SSSR count). The van der Waals surface area contributed by atoms with Crippen LogP contribution in [0, 0.1) is 11.8 Å². The molecule has 2 N–H and O–H groups in total. The van der Waals surface area contributed by atoms with Gasteiger partial charge >= 0.3 is 0 Å². The molecule has 0 radical (unpaired) electrons. The van der Waals surface area contributed by atoms with Crippen molar-refractivity contribution < 1.29 is 10.5 Å². The number of hydrogen-bond acceptors (Lipinski definition) is 2. The molecule has 0 unspecified atom stereocenters. The highest BCUT2D eigenvalue weighted by molar-refractivity contribution is 5.07. The second kappa shape index (κ2) is 9.75. The molecule has 2 heteroatoms. The number of allylic oxidation sites excluding steroid dienone is 2. The van der Waals surface area contributed by atoms with Crippen molar-refractivity contribution in [3.8, 4) is 0 Å². The van der Waals surface area contributed by atoms with Gasteiger partial charge < -0.3 is 0 Å². The Morgan fingerprint density at radius 1 is 1.08 bits per heavy atom. The molecule has 0 fully saturated rings. The maximum atomic E-state index is 6.00. The monoisotopic (exact) mass is 188 g/mol. The number of hydrogen-bond donors (Lipinski definition) is 2. The zero-order valence-electron chi connectivity index (χ0n) is 9.54. The molecule has 0 aromatic rings. The second-order valence-electron chi connectivity index (χ2n) is 3.80. The summed E-state index contributed by atoms with van der Waals surface area (Å²) in [4.78, 5) is 0. The van der Waals surface area contributed by atoms with Gasteiger partial charge in [-0.3, -0.25) is 10.5 Å². The molecule has 0 aliphatic rings. The molecule has 80 valence electrons. The van der Waals surface area contributed by atoms with Gasteiger partial charge in [-0.2, -0.15) is 0 Å². The van der Waals surface area contributed by atoms with E-state index in [-0.39, 0.29) is 0 Å². The molecule has 0 saturated carbocycles. The van der Waals surface area contributed by atoms with Crippen LogP contribution in [0.4, 0.5) is 0 Å². The molecule has 0 amide bonds. The summed E-state index contributed by atoms with van der Waals surface area (Å²) in [6, 6.07) is 0. The van der Waals surface area contributed by atoms with Crippen molar-refractivity contribution in [2.24, 2.45) is 11.8 Å². The molecule has 0 aliphatic carbocycles. The third kappa shape index (κ3) is 8.00. The maximum Gasteiger partial charge on any atom is -0.0258 e. The highest BCUT2D eigenvalue weighted by Gasteiger charge is 2.05. The number of rotatable bonds is 4. The van der Waals surface area contributed by atoms with E-state index in [2.05, 4.69) is 40.7 Å². The first kappa shape index (κ1) is 15.1. The molecule has 2 nitrogen and oxygen atoms in total. The predicted octanol–water partition coefficient (Wildman–Crippen LogP) is 4.04. The van der Waals surface area contributed by atoms with Gasteiger partial charge in [-0.25, -0.2) is 0 Å². The molecule has 0 atom stereocenters. The van der Waals surface area contributed by atoms with Crippen molar-refractivity contribution in [2.75, 3.05) is 0 Å². The van der Waals surface area contributed by atoms with Crippen LogP contribution in [0.5, 0.6) is 0 Å². The molecule has 0 bridgehead atoms. The first-order valence-electron chi connectivity index (χ1n) is 4.99. The molecule has 0 aliphatic heterocycles. The lowest BCUT2D eigenvalue weighted by atomic mass is 9.91. The zero-order chi connectivity index (χ0) is 10.9. The normalized spacial score (nSPS) is 9.62. The summed E-state index contributed by atoms with van der Waals surface area (Å²) in [6.45, 7) is 11.3. The minimum Gasteiger partial charge on any atom is -0.255 e. The van der Waals surface area contributed by atoms with Gasteiger partial charge in [0.2, 0.25) is 0 Å². The van der Waals surface area contributed by atoms with E-state index < -0.39 is 0 Å². The Labute approximate surface area is 82.2 Å². The average molecular weight is 188 g/mol. The Bertz CT molecular complexity index is 116. The number of unbranched alkanes of at least 4 members (excludes halogenated alkanes) is 1. The Morgan fingerprint density at radius 3 is 1.69 bits per heavy atom. The van der Waals surface area contributed by atoms with E-state index in [0.717, 1.165) is 11.8 Å². The van der Waals surface area contributed by atoms with Gasteiger partial charge in [0.05, 0.1) is 0 Å². The smallest absolute Gasteiger partial charge is 0.0258 e. The van der Waals surface area contributed by atoms with E-state index in [4.69, 9.17) is 10.5 Å². The van der Waals surface area contributed by atoms with E-state index in [9.17, 15) is 0 Å². The van der Waals surface area contributed by atoms with E-state index in [1.54, 1.807) is 5.57 Å². The predicted molar refractivity (Wildman–Crippen MR) is 57.9 cm³/mol. The largest absolute Gasteiger partial charge is 0.255 e. The van der Waals surface area contributed by atoms with Crippen LogP contribution < -0.4 is 0 Å². The topological polar surface area (TPSA) is 40.5 Å². The van der Waals surface area contributed by atoms with Crippen LogP contribution in [-0.2, 0) is 0 Å². The Kier molecular flexibility index (Phi) is 11.4. The first-order chi connectivity index (χ1) is 6.09. The minimum atomic E-state index is 0.724. The van der Waals surface area contributed by atoms with E-state index in [0.29, 0.717) is 0 Å². The molecule has 0 heterocycles. The Morgan fingerprint density at radius 2 is 1.46 bits per heavy atom. The fraction of sp³-hybridized carbons (Fsp3) is 0.818. The van der Waals surface area contributed by atoms with Crippen molar-refractivity contribution in [3.05, 3.63) is 11.6 Å². The Hall–Kier alpha value is -0.340. The fourth-order valence-electron chi connectivity index (χ4n) is 1.45. The van der Waals surface area contributed by atoms with Crippen LogP contribution in [-0.4, -0.2) is 10.5 Å². The molecule has 0 aromatic heterocycles. The van der Waals surface area contributed by atoms with Crippen molar-refractivity contribution >= 4 is 0 Å². The van der Waals surface area contributed by atoms with Gasteiger partial charge in [0, 0.05) is 0 Å². The second-order valence-corrected chi connectivity index (χ2v) is 3.80. The standard InChI is InChI=1S/C11H22.H2O2/c1-6-7-8-11(9(2)3)10(4)5;1-2/h8-10H,6-7H2,1-5H3;1-2H. The van der Waals surface area contributed by atoms with Crippen molar-refractivity contribution in [2.45, 2.75) is 47.5 Å². The van der Waals surface area contributed by atoms with E-state index >= 15 is 0 Å². The van der Waals surface area contributed by atoms with Crippen molar-refractivity contribution in [1.82, 2.24) is 0 Å². The van der Waals surface area contributed by atoms with E-state index in [1.165, 1.54) is 12.8 Å². The van der Waals surface area contributed by atoms with Gasteiger partial charge in [-0.05, 0) is 18.3 Å². The lowest BCUT2D eigenvalue weighted by Crippen LogP contribution is -2.01. The van der Waals surface area contributed by atoms with Gasteiger partial charge in [-0.1, -0.05) is 52.7 Å². The summed E-state index contributed by atoms with van der Waals surface area (Å²) < 4.78 is 0. The van der Waals surface area contributed by atoms with Crippen LogP contribution >= 0.6 is 0 Å². The van der Waals surface area contributed by atoms with Gasteiger partial charge in [-0.15, -0.1) is 0 Å². The van der Waals surface area contributed by atoms with Crippen LogP contribution in [0.25, 0.3) is 0 Å². The fourth-order valence-corrected chi connectivity index (χ4v) is 1.45. The zero-order valence-corrected chi connectivity index (χ0v) is 9.54. The van der Waals surface area contributed by atoms with Gasteiger partial charge in [0.15, 0.2) is 0 Å². The van der Waals surface area contributed by atoms with E-state index in [1.807, 2.05) is 0 Å². The van der Waals surface area contributed by atoms with Crippen molar-refractivity contribution in [1.29, 1.82) is 0 Å². The summed E-state index contributed by atoms with van der Waals surface area (Å²) >= 11 is 0. The SMILES string of the molecule is CCCC=C(C(C)C)C(C)C.OO. The van der Waals surface area contributed by atoms with Crippen LogP contribution in [0.1, 0.15) is 47.5 Å². The summed E-state index contributed by atoms with van der Waals surface area (Å²) in [5.41, 5.74) is 1.62.